The molecule has 4 aromatic rings. The maximum absolute atomic E-state index is 13.7. The van der Waals surface area contributed by atoms with Crippen molar-refractivity contribution in [1.29, 1.82) is 0 Å². The van der Waals surface area contributed by atoms with Gasteiger partial charge in [0.2, 0.25) is 17.7 Å². The fraction of sp³-hybridized carbons (Fsp3) is 0.250. The van der Waals surface area contributed by atoms with Crippen molar-refractivity contribution in [2.24, 2.45) is 5.73 Å². The summed E-state index contributed by atoms with van der Waals surface area (Å²) in [6.45, 7) is 1.31. The van der Waals surface area contributed by atoms with Gasteiger partial charge in [-0.15, -0.1) is 0 Å². The molecule has 0 saturated carbocycles. The monoisotopic (exact) mass is 601 g/mol. The molecule has 3 aromatic carbocycles. The average molecular weight is 602 g/mol. The minimum atomic E-state index is -1.24. The van der Waals surface area contributed by atoms with Crippen LogP contribution in [0, 0.1) is 0 Å². The predicted octanol–water partition coefficient (Wildman–Crippen LogP) is 1.49. The molecule has 0 aliphatic heterocycles. The van der Waals surface area contributed by atoms with Crippen LogP contribution in [0.4, 0.5) is 0 Å². The maximum atomic E-state index is 13.7. The van der Waals surface area contributed by atoms with Crippen molar-refractivity contribution in [3.63, 3.8) is 0 Å². The molecule has 4 rings (SSSR count). The molecule has 9 N–H and O–H groups in total. The molecule has 4 atom stereocenters. The number of nitrogens with one attached hydrogen (secondary N) is 4. The van der Waals surface area contributed by atoms with E-state index in [9.17, 15) is 34.5 Å². The zero-order chi connectivity index (χ0) is 31.8. The fourth-order valence-electron chi connectivity index (χ4n) is 4.71. The lowest BCUT2D eigenvalue weighted by atomic mass is 10.0. The minimum Gasteiger partial charge on any atom is -0.508 e. The molecule has 3 amide bonds. The molecule has 0 saturated heterocycles. The predicted molar refractivity (Wildman–Crippen MR) is 163 cm³/mol. The van der Waals surface area contributed by atoms with Crippen molar-refractivity contribution in [1.82, 2.24) is 20.9 Å². The molecule has 0 fully saturated rings. The van der Waals surface area contributed by atoms with Crippen LogP contribution in [-0.4, -0.2) is 68.2 Å². The highest BCUT2D eigenvalue weighted by atomic mass is 16.4. The highest BCUT2D eigenvalue weighted by molar-refractivity contribution is 5.95. The third-order valence-corrected chi connectivity index (χ3v) is 7.20. The number of benzene rings is 3. The van der Waals surface area contributed by atoms with Gasteiger partial charge in [-0.05, 0) is 60.4 Å². The lowest BCUT2D eigenvalue weighted by molar-refractivity contribution is -0.141. The van der Waals surface area contributed by atoms with Gasteiger partial charge >= 0.3 is 5.97 Å². The van der Waals surface area contributed by atoms with E-state index in [0.717, 1.165) is 16.5 Å². The number of hydrogen-bond donors (Lipinski definition) is 8. The van der Waals surface area contributed by atoms with Crippen molar-refractivity contribution in [2.75, 3.05) is 0 Å². The summed E-state index contributed by atoms with van der Waals surface area (Å²) in [7, 11) is 0. The Kier molecular flexibility index (Phi) is 10.2. The second kappa shape index (κ2) is 14.2. The Morgan fingerprint density at radius 2 is 1.25 bits per heavy atom. The number of phenolic OH excluding ortho intramolecular Hbond substituents is 2. The van der Waals surface area contributed by atoms with Gasteiger partial charge in [-0.2, -0.15) is 0 Å². The summed E-state index contributed by atoms with van der Waals surface area (Å²) < 4.78 is 0. The van der Waals surface area contributed by atoms with E-state index in [1.165, 1.54) is 31.2 Å². The first-order valence-corrected chi connectivity index (χ1v) is 14.0. The summed E-state index contributed by atoms with van der Waals surface area (Å²) >= 11 is 0. The Bertz CT molecular complexity index is 1620. The molecule has 12 nitrogen and oxygen atoms in total. The van der Waals surface area contributed by atoms with E-state index in [0.29, 0.717) is 11.1 Å². The van der Waals surface area contributed by atoms with Crippen LogP contribution in [0.5, 0.6) is 11.5 Å². The molecule has 12 heteroatoms. The number of rotatable bonds is 13. The molecule has 0 bridgehead atoms. The molecule has 230 valence electrons. The topological polar surface area (TPSA) is 207 Å². The number of carbonyl (C=O) groups is 4. The van der Waals surface area contributed by atoms with Crippen LogP contribution >= 0.6 is 0 Å². The van der Waals surface area contributed by atoms with E-state index in [4.69, 9.17) is 5.73 Å². The highest BCUT2D eigenvalue weighted by Gasteiger charge is 2.30. The normalized spacial score (nSPS) is 13.8. The highest BCUT2D eigenvalue weighted by Crippen LogP contribution is 2.20. The number of hydrogen-bond acceptors (Lipinski definition) is 7. The largest absolute Gasteiger partial charge is 0.508 e. The minimum absolute atomic E-state index is 0.0107. The Labute approximate surface area is 253 Å². The van der Waals surface area contributed by atoms with Gasteiger partial charge in [0.25, 0.3) is 0 Å². The molecular weight excluding hydrogens is 566 g/mol. The number of amides is 3. The van der Waals surface area contributed by atoms with Crippen LogP contribution in [-0.2, 0) is 38.4 Å². The van der Waals surface area contributed by atoms with Crippen LogP contribution in [0.15, 0.2) is 79.0 Å². The molecule has 0 aliphatic carbocycles. The van der Waals surface area contributed by atoms with Gasteiger partial charge in [0, 0.05) is 29.9 Å². The number of carbonyl (C=O) groups excluding carboxylic acids is 3. The average Bonchev–Trinajstić information content (AvgIpc) is 3.41. The van der Waals surface area contributed by atoms with Gasteiger partial charge < -0.3 is 42.0 Å². The molecule has 1 aromatic heterocycles. The van der Waals surface area contributed by atoms with E-state index < -0.39 is 47.9 Å². The fourth-order valence-corrected chi connectivity index (χ4v) is 4.71. The number of nitrogens with two attached hydrogens (primary N) is 1. The second-order valence-corrected chi connectivity index (χ2v) is 10.6. The van der Waals surface area contributed by atoms with Crippen LogP contribution < -0.4 is 21.7 Å². The third kappa shape index (κ3) is 8.35. The summed E-state index contributed by atoms with van der Waals surface area (Å²) in [5.74, 6) is -3.16. The molecule has 0 radical (unpaired) electrons. The quantitative estimate of drug-likeness (QED) is 0.112. The first-order valence-electron chi connectivity index (χ1n) is 14.0. The first-order chi connectivity index (χ1) is 21.0. The zero-order valence-corrected chi connectivity index (χ0v) is 24.0. The van der Waals surface area contributed by atoms with Gasteiger partial charge in [-0.1, -0.05) is 42.5 Å². The van der Waals surface area contributed by atoms with E-state index in [1.54, 1.807) is 30.5 Å². The number of aliphatic carboxylic acids is 1. The number of H-pyrrole nitrogens is 1. The van der Waals surface area contributed by atoms with Gasteiger partial charge in [0.15, 0.2) is 0 Å². The molecule has 4 unspecified atom stereocenters. The van der Waals surface area contributed by atoms with Crippen molar-refractivity contribution in [3.8, 4) is 11.5 Å². The molecule has 44 heavy (non-hydrogen) atoms. The molecule has 1 heterocycles. The first kappa shape index (κ1) is 31.6. The van der Waals surface area contributed by atoms with E-state index in [1.807, 2.05) is 24.3 Å². The summed E-state index contributed by atoms with van der Waals surface area (Å²) in [4.78, 5) is 54.8. The van der Waals surface area contributed by atoms with Crippen LogP contribution in [0.25, 0.3) is 10.9 Å². The van der Waals surface area contributed by atoms with Crippen molar-refractivity contribution in [3.05, 3.63) is 95.7 Å². The number of aromatic amines is 1. The van der Waals surface area contributed by atoms with Gasteiger partial charge in [0.05, 0.1) is 6.04 Å². The number of aromatic nitrogens is 1. The lowest BCUT2D eigenvalue weighted by Crippen LogP contribution is -2.58. The van der Waals surface area contributed by atoms with Gasteiger partial charge in [0.1, 0.15) is 29.6 Å². The van der Waals surface area contributed by atoms with Crippen molar-refractivity contribution >= 4 is 34.6 Å². The Balaban J connectivity index is 1.57. The number of para-hydroxylation sites is 1. The van der Waals surface area contributed by atoms with E-state index in [2.05, 4.69) is 20.9 Å². The lowest BCUT2D eigenvalue weighted by Gasteiger charge is -2.25. The van der Waals surface area contributed by atoms with Crippen molar-refractivity contribution in [2.45, 2.75) is 50.4 Å². The second-order valence-electron chi connectivity index (χ2n) is 10.6. The summed E-state index contributed by atoms with van der Waals surface area (Å²) in [5, 5.41) is 37.2. The molecular formula is C32H35N5O7. The summed E-state index contributed by atoms with van der Waals surface area (Å²) in [6.07, 6.45) is 1.90. The zero-order valence-electron chi connectivity index (χ0n) is 24.0. The smallest absolute Gasteiger partial charge is 0.325 e. The maximum Gasteiger partial charge on any atom is 0.325 e. The van der Waals surface area contributed by atoms with Crippen LogP contribution in [0.2, 0.25) is 0 Å². The van der Waals surface area contributed by atoms with Gasteiger partial charge in [-0.25, -0.2) is 0 Å². The number of carboxylic acid groups (broad SMARTS) is 1. The summed E-state index contributed by atoms with van der Waals surface area (Å²) in [6, 6.07) is 15.1. The Morgan fingerprint density at radius 1 is 0.727 bits per heavy atom. The Hall–Kier alpha value is -5.36. The van der Waals surface area contributed by atoms with Crippen molar-refractivity contribution < 1.29 is 34.5 Å². The van der Waals surface area contributed by atoms with E-state index >= 15 is 0 Å². The molecule has 0 spiro atoms. The van der Waals surface area contributed by atoms with Gasteiger partial charge in [-0.3, -0.25) is 19.2 Å². The number of carboxylic acids is 1. The van der Waals surface area contributed by atoms with Crippen LogP contribution in [0.3, 0.4) is 0 Å². The molecule has 0 aliphatic rings. The number of phenols is 2. The SMILES string of the molecule is CC(NC(=O)C(Cc1c[nH]c2ccccc12)NC(=O)C(Cc1ccc(O)cc1)NC(=O)C(N)Cc1ccc(O)cc1)C(=O)O. The Morgan fingerprint density at radius 3 is 1.86 bits per heavy atom. The summed E-state index contributed by atoms with van der Waals surface area (Å²) in [5.41, 5.74) is 9.03. The third-order valence-electron chi connectivity index (χ3n) is 7.20. The standard InChI is InChI=1S/C32H35N5O7/c1-18(32(43)44)35-30(41)28(16-21-17-34-26-5-3-2-4-24(21)26)37-31(42)27(15-20-8-12-23(39)13-9-20)36-29(40)25(33)14-19-6-10-22(38)11-7-19/h2-13,17-18,25,27-28,34,38-39H,14-16,33H2,1H3,(H,35,41)(H,36,40)(H,37,42)(H,43,44). The van der Waals surface area contributed by atoms with E-state index in [-0.39, 0.29) is 30.8 Å². The number of aromatic hydroxyl groups is 2. The van der Waals surface area contributed by atoms with Crippen LogP contribution in [0.1, 0.15) is 23.6 Å². The number of fused-ring (bicyclic) bond motifs is 1.